The van der Waals surface area contributed by atoms with Crippen LogP contribution in [0.15, 0.2) is 0 Å². The first-order valence-electron chi connectivity index (χ1n) is 9.12. The molecule has 1 amide bonds. The maximum Gasteiger partial charge on any atom is 0.228 e. The van der Waals surface area contributed by atoms with Gasteiger partial charge in [-0.2, -0.15) is 0 Å². The molecule has 1 heterocycles. The Morgan fingerprint density at radius 1 is 1.05 bits per heavy atom. The molecule has 0 atom stereocenters. The highest BCUT2D eigenvalue weighted by Gasteiger charge is 2.55. The standard InChI is InChI=1S/C18H30N2O/c1-19(6-7-20-4-2-3-5-20)17(21)18-11-14-8-15(12-18)10-16(9-14)13-18/h14-16H,2-13H2,1H3. The maximum absolute atomic E-state index is 13.1. The minimum Gasteiger partial charge on any atom is -0.344 e. The molecule has 4 bridgehead atoms. The number of hydrogen-bond donors (Lipinski definition) is 0. The van der Waals surface area contributed by atoms with E-state index >= 15 is 0 Å². The van der Waals surface area contributed by atoms with E-state index in [0.717, 1.165) is 30.8 Å². The van der Waals surface area contributed by atoms with E-state index in [2.05, 4.69) is 16.8 Å². The molecule has 0 N–H and O–H groups in total. The molecule has 21 heavy (non-hydrogen) atoms. The van der Waals surface area contributed by atoms with Gasteiger partial charge in [-0.05, 0) is 82.2 Å². The van der Waals surface area contributed by atoms with Crippen LogP contribution in [0.5, 0.6) is 0 Å². The largest absolute Gasteiger partial charge is 0.344 e. The summed E-state index contributed by atoms with van der Waals surface area (Å²) in [4.78, 5) is 17.7. The molecule has 0 aromatic carbocycles. The summed E-state index contributed by atoms with van der Waals surface area (Å²) >= 11 is 0. The van der Waals surface area contributed by atoms with Crippen molar-refractivity contribution in [3.63, 3.8) is 0 Å². The monoisotopic (exact) mass is 290 g/mol. The zero-order valence-corrected chi connectivity index (χ0v) is 13.5. The van der Waals surface area contributed by atoms with Crippen LogP contribution in [0.3, 0.4) is 0 Å². The van der Waals surface area contributed by atoms with Crippen LogP contribution < -0.4 is 0 Å². The zero-order valence-electron chi connectivity index (χ0n) is 13.5. The predicted octanol–water partition coefficient (Wildman–Crippen LogP) is 2.76. The minimum atomic E-state index is 0.0501. The van der Waals surface area contributed by atoms with Gasteiger partial charge >= 0.3 is 0 Å². The molecule has 1 saturated heterocycles. The Hall–Kier alpha value is -0.570. The molecule has 0 spiro atoms. The van der Waals surface area contributed by atoms with Crippen LogP contribution in [0.25, 0.3) is 0 Å². The maximum atomic E-state index is 13.1. The highest BCUT2D eigenvalue weighted by Crippen LogP contribution is 2.60. The number of hydrogen-bond acceptors (Lipinski definition) is 2. The van der Waals surface area contributed by atoms with Crippen molar-refractivity contribution in [2.75, 3.05) is 33.2 Å². The number of rotatable bonds is 4. The van der Waals surface area contributed by atoms with E-state index in [4.69, 9.17) is 0 Å². The van der Waals surface area contributed by atoms with E-state index in [1.165, 1.54) is 64.5 Å². The molecule has 4 aliphatic carbocycles. The number of likely N-dealkylation sites (N-methyl/N-ethyl adjacent to an activating group) is 1. The van der Waals surface area contributed by atoms with Gasteiger partial charge < -0.3 is 9.80 Å². The van der Waals surface area contributed by atoms with E-state index in [9.17, 15) is 4.79 Å². The molecule has 4 saturated carbocycles. The van der Waals surface area contributed by atoms with Crippen molar-refractivity contribution in [3.8, 4) is 0 Å². The number of likely N-dealkylation sites (tertiary alicyclic amines) is 1. The third-order valence-corrected chi connectivity index (χ3v) is 6.79. The van der Waals surface area contributed by atoms with Crippen LogP contribution >= 0.6 is 0 Å². The molecule has 5 aliphatic rings. The number of nitrogens with zero attached hydrogens (tertiary/aromatic N) is 2. The normalized spacial score (nSPS) is 41.7. The van der Waals surface area contributed by atoms with Gasteiger partial charge in [-0.15, -0.1) is 0 Å². The minimum absolute atomic E-state index is 0.0501. The summed E-state index contributed by atoms with van der Waals surface area (Å²) in [5.41, 5.74) is 0.0501. The third kappa shape index (κ3) is 2.52. The fourth-order valence-electron chi connectivity index (χ4n) is 6.18. The van der Waals surface area contributed by atoms with Crippen LogP contribution in [0, 0.1) is 23.2 Å². The number of carbonyl (C=O) groups is 1. The van der Waals surface area contributed by atoms with Gasteiger partial charge in [0.25, 0.3) is 0 Å². The van der Waals surface area contributed by atoms with E-state index in [1.54, 1.807) is 0 Å². The zero-order chi connectivity index (χ0) is 14.4. The Morgan fingerprint density at radius 3 is 2.10 bits per heavy atom. The lowest BCUT2D eigenvalue weighted by molar-refractivity contribution is -0.156. The second-order valence-electron chi connectivity index (χ2n) is 8.47. The van der Waals surface area contributed by atoms with Crippen molar-refractivity contribution in [1.29, 1.82) is 0 Å². The summed E-state index contributed by atoms with van der Waals surface area (Å²) in [7, 11) is 2.05. The first-order valence-corrected chi connectivity index (χ1v) is 9.12. The lowest BCUT2D eigenvalue weighted by Gasteiger charge is -2.56. The fraction of sp³-hybridized carbons (Fsp3) is 0.944. The number of carbonyl (C=O) groups excluding carboxylic acids is 1. The quantitative estimate of drug-likeness (QED) is 0.795. The predicted molar refractivity (Wildman–Crippen MR) is 83.9 cm³/mol. The molecule has 118 valence electrons. The van der Waals surface area contributed by atoms with Crippen molar-refractivity contribution in [3.05, 3.63) is 0 Å². The van der Waals surface area contributed by atoms with Gasteiger partial charge in [0, 0.05) is 20.1 Å². The average molecular weight is 290 g/mol. The van der Waals surface area contributed by atoms with E-state index in [1.807, 2.05) is 0 Å². The van der Waals surface area contributed by atoms with Gasteiger partial charge in [-0.3, -0.25) is 4.79 Å². The highest BCUT2D eigenvalue weighted by atomic mass is 16.2. The first-order chi connectivity index (χ1) is 10.1. The Bertz CT molecular complexity index is 378. The van der Waals surface area contributed by atoms with Gasteiger partial charge in [-0.25, -0.2) is 0 Å². The second kappa shape index (κ2) is 5.26. The second-order valence-corrected chi connectivity index (χ2v) is 8.47. The summed E-state index contributed by atoms with van der Waals surface area (Å²) in [5, 5.41) is 0. The average Bonchev–Trinajstić information content (AvgIpc) is 2.95. The van der Waals surface area contributed by atoms with Gasteiger partial charge in [0.15, 0.2) is 0 Å². The summed E-state index contributed by atoms with van der Waals surface area (Å²) in [5.74, 6) is 3.09. The van der Waals surface area contributed by atoms with Gasteiger partial charge in [0.05, 0.1) is 5.41 Å². The fourth-order valence-corrected chi connectivity index (χ4v) is 6.18. The van der Waals surface area contributed by atoms with Gasteiger partial charge in [0.2, 0.25) is 5.91 Å². The molecule has 3 heteroatoms. The smallest absolute Gasteiger partial charge is 0.228 e. The van der Waals surface area contributed by atoms with Crippen molar-refractivity contribution in [2.24, 2.45) is 23.2 Å². The molecule has 5 rings (SSSR count). The molecule has 1 aliphatic heterocycles. The molecular formula is C18H30N2O. The third-order valence-electron chi connectivity index (χ3n) is 6.79. The van der Waals surface area contributed by atoms with Crippen LogP contribution in [0.2, 0.25) is 0 Å². The van der Waals surface area contributed by atoms with E-state index < -0.39 is 0 Å². The lowest BCUT2D eigenvalue weighted by Crippen LogP contribution is -2.54. The summed E-state index contributed by atoms with van der Waals surface area (Å²) < 4.78 is 0. The first kappa shape index (κ1) is 14.0. The van der Waals surface area contributed by atoms with E-state index in [0.29, 0.717) is 5.91 Å². The van der Waals surface area contributed by atoms with E-state index in [-0.39, 0.29) is 5.41 Å². The topological polar surface area (TPSA) is 23.6 Å². The van der Waals surface area contributed by atoms with Crippen LogP contribution in [-0.4, -0.2) is 48.9 Å². The molecule has 5 fully saturated rings. The molecule has 0 unspecified atom stereocenters. The number of amides is 1. The molecule has 0 aromatic rings. The highest BCUT2D eigenvalue weighted by molar-refractivity contribution is 5.83. The molecule has 0 aromatic heterocycles. The van der Waals surface area contributed by atoms with Crippen LogP contribution in [-0.2, 0) is 4.79 Å². The van der Waals surface area contributed by atoms with Crippen molar-refractivity contribution >= 4 is 5.91 Å². The summed E-state index contributed by atoms with van der Waals surface area (Å²) in [6, 6.07) is 0. The van der Waals surface area contributed by atoms with Gasteiger partial charge in [-0.1, -0.05) is 0 Å². The van der Waals surface area contributed by atoms with Crippen molar-refractivity contribution < 1.29 is 4.79 Å². The van der Waals surface area contributed by atoms with Crippen molar-refractivity contribution in [1.82, 2.24) is 9.80 Å². The molecule has 3 nitrogen and oxygen atoms in total. The SMILES string of the molecule is CN(CCN1CCCC1)C(=O)C12CC3CC(CC(C3)C1)C2. The lowest BCUT2D eigenvalue weighted by atomic mass is 9.49. The Kier molecular flexibility index (Phi) is 3.52. The van der Waals surface area contributed by atoms with Crippen molar-refractivity contribution in [2.45, 2.75) is 51.4 Å². The van der Waals surface area contributed by atoms with Gasteiger partial charge in [0.1, 0.15) is 0 Å². The Balaban J connectivity index is 1.39. The summed E-state index contributed by atoms with van der Waals surface area (Å²) in [6.45, 7) is 4.48. The summed E-state index contributed by atoms with van der Waals surface area (Å²) in [6.07, 6.45) is 10.5. The molecule has 0 radical (unpaired) electrons. The molecular weight excluding hydrogens is 260 g/mol. The van der Waals surface area contributed by atoms with Crippen LogP contribution in [0.4, 0.5) is 0 Å². The Labute approximate surface area is 129 Å². The van der Waals surface area contributed by atoms with Crippen LogP contribution in [0.1, 0.15) is 51.4 Å². The Morgan fingerprint density at radius 2 is 1.57 bits per heavy atom.